The Hall–Kier alpha value is -1.95. The molecule has 0 radical (unpaired) electrons. The van der Waals surface area contributed by atoms with Gasteiger partial charge < -0.3 is 16.0 Å². The summed E-state index contributed by atoms with van der Waals surface area (Å²) in [4.78, 5) is 22.7. The van der Waals surface area contributed by atoms with Crippen LogP contribution in [0.3, 0.4) is 0 Å². The second-order valence-electron chi connectivity index (χ2n) is 4.59. The van der Waals surface area contributed by atoms with Crippen LogP contribution in [0.15, 0.2) is 18.2 Å². The van der Waals surface area contributed by atoms with Gasteiger partial charge >= 0.3 is 0 Å². The standard InChI is InChI=1S/C14H20FN3O2/c1-4-16-9(2)7-14(20)18-11-5-6-12(15)13(8-11)17-10(3)19/h5-6,8-9,16H,4,7H2,1-3H3,(H,17,19)(H,18,20). The van der Waals surface area contributed by atoms with Gasteiger partial charge in [-0.15, -0.1) is 0 Å². The quantitative estimate of drug-likeness (QED) is 0.748. The highest BCUT2D eigenvalue weighted by atomic mass is 19.1. The first-order chi connectivity index (χ1) is 9.42. The number of amides is 2. The molecule has 2 amide bonds. The topological polar surface area (TPSA) is 70.2 Å². The van der Waals surface area contributed by atoms with E-state index < -0.39 is 5.82 Å². The van der Waals surface area contributed by atoms with Crippen molar-refractivity contribution in [3.05, 3.63) is 24.0 Å². The molecule has 0 heterocycles. The fraction of sp³-hybridized carbons (Fsp3) is 0.429. The molecule has 0 aliphatic rings. The molecule has 0 spiro atoms. The molecular weight excluding hydrogens is 261 g/mol. The third-order valence-corrected chi connectivity index (χ3v) is 2.60. The summed E-state index contributed by atoms with van der Waals surface area (Å²) in [5.41, 5.74) is 0.499. The molecule has 0 fully saturated rings. The Bertz CT molecular complexity index is 491. The third-order valence-electron chi connectivity index (χ3n) is 2.60. The van der Waals surface area contributed by atoms with Gasteiger partial charge in [0.2, 0.25) is 11.8 Å². The number of carbonyl (C=O) groups is 2. The molecule has 0 aliphatic heterocycles. The van der Waals surface area contributed by atoms with Crippen molar-refractivity contribution in [1.29, 1.82) is 0 Å². The molecule has 6 heteroatoms. The van der Waals surface area contributed by atoms with Crippen molar-refractivity contribution >= 4 is 23.2 Å². The zero-order valence-electron chi connectivity index (χ0n) is 11.9. The van der Waals surface area contributed by atoms with Crippen molar-refractivity contribution < 1.29 is 14.0 Å². The zero-order valence-corrected chi connectivity index (χ0v) is 11.9. The summed E-state index contributed by atoms with van der Waals surface area (Å²) in [5.74, 6) is -1.08. The highest BCUT2D eigenvalue weighted by Crippen LogP contribution is 2.19. The van der Waals surface area contributed by atoms with Gasteiger partial charge in [0.1, 0.15) is 5.82 Å². The summed E-state index contributed by atoms with van der Waals surface area (Å²) in [6, 6.07) is 4.12. The van der Waals surface area contributed by atoms with Crippen LogP contribution in [0, 0.1) is 5.82 Å². The van der Waals surface area contributed by atoms with Gasteiger partial charge in [-0.05, 0) is 31.7 Å². The first-order valence-corrected chi connectivity index (χ1v) is 6.52. The number of hydrogen-bond donors (Lipinski definition) is 3. The monoisotopic (exact) mass is 281 g/mol. The van der Waals surface area contributed by atoms with Gasteiger partial charge in [0.25, 0.3) is 0 Å². The van der Waals surface area contributed by atoms with Crippen LogP contribution in [0.25, 0.3) is 0 Å². The smallest absolute Gasteiger partial charge is 0.225 e. The molecule has 1 rings (SSSR count). The van der Waals surface area contributed by atoms with E-state index in [2.05, 4.69) is 16.0 Å². The summed E-state index contributed by atoms with van der Waals surface area (Å²) in [6.45, 7) is 5.96. The second kappa shape index (κ2) is 7.59. The molecule has 0 saturated heterocycles. The van der Waals surface area contributed by atoms with E-state index in [1.807, 2.05) is 13.8 Å². The minimum Gasteiger partial charge on any atom is -0.326 e. The predicted octanol–water partition coefficient (Wildman–Crippen LogP) is 2.11. The van der Waals surface area contributed by atoms with E-state index in [1.54, 1.807) is 0 Å². The summed E-state index contributed by atoms with van der Waals surface area (Å²) >= 11 is 0. The number of rotatable bonds is 6. The van der Waals surface area contributed by atoms with Crippen LogP contribution >= 0.6 is 0 Å². The molecule has 1 unspecified atom stereocenters. The van der Waals surface area contributed by atoms with Gasteiger partial charge in [0.05, 0.1) is 5.69 Å². The molecule has 0 saturated carbocycles. The van der Waals surface area contributed by atoms with Crippen molar-refractivity contribution in [1.82, 2.24) is 5.32 Å². The number of hydrogen-bond acceptors (Lipinski definition) is 3. The van der Waals surface area contributed by atoms with Crippen LogP contribution < -0.4 is 16.0 Å². The normalized spacial score (nSPS) is 11.8. The molecule has 0 aromatic heterocycles. The maximum Gasteiger partial charge on any atom is 0.225 e. The van der Waals surface area contributed by atoms with E-state index in [-0.39, 0.29) is 23.5 Å². The van der Waals surface area contributed by atoms with Crippen molar-refractivity contribution in [3.63, 3.8) is 0 Å². The Morgan fingerprint density at radius 1 is 1.30 bits per heavy atom. The van der Waals surface area contributed by atoms with E-state index in [9.17, 15) is 14.0 Å². The summed E-state index contributed by atoms with van der Waals surface area (Å²) < 4.78 is 13.4. The van der Waals surface area contributed by atoms with Gasteiger partial charge in [0.15, 0.2) is 0 Å². The first-order valence-electron chi connectivity index (χ1n) is 6.52. The SMILES string of the molecule is CCNC(C)CC(=O)Nc1ccc(F)c(NC(C)=O)c1. The number of carbonyl (C=O) groups excluding carboxylic acids is 2. The average molecular weight is 281 g/mol. The lowest BCUT2D eigenvalue weighted by molar-refractivity contribution is -0.116. The largest absolute Gasteiger partial charge is 0.326 e. The number of nitrogens with one attached hydrogen (secondary N) is 3. The summed E-state index contributed by atoms with van der Waals surface area (Å²) in [5, 5.41) is 8.18. The van der Waals surface area contributed by atoms with Gasteiger partial charge in [-0.2, -0.15) is 0 Å². The lowest BCUT2D eigenvalue weighted by atomic mass is 10.2. The molecule has 5 nitrogen and oxygen atoms in total. The fourth-order valence-electron chi connectivity index (χ4n) is 1.80. The van der Waals surface area contributed by atoms with Crippen molar-refractivity contribution in [2.24, 2.45) is 0 Å². The fourth-order valence-corrected chi connectivity index (χ4v) is 1.80. The van der Waals surface area contributed by atoms with Crippen LogP contribution in [-0.2, 0) is 9.59 Å². The summed E-state index contributed by atoms with van der Waals surface area (Å²) in [7, 11) is 0. The van der Waals surface area contributed by atoms with Gasteiger partial charge in [-0.3, -0.25) is 9.59 Å². The molecule has 1 aromatic carbocycles. The number of halogens is 1. The van der Waals surface area contributed by atoms with Gasteiger partial charge in [-0.25, -0.2) is 4.39 Å². The Kier molecular flexibility index (Phi) is 6.11. The van der Waals surface area contributed by atoms with Crippen molar-refractivity contribution in [2.45, 2.75) is 33.2 Å². The van der Waals surface area contributed by atoms with Gasteiger partial charge in [0, 0.05) is 25.1 Å². The van der Waals surface area contributed by atoms with Crippen molar-refractivity contribution in [3.8, 4) is 0 Å². The minimum atomic E-state index is -0.542. The minimum absolute atomic E-state index is 0.0510. The third kappa shape index (κ3) is 5.36. The molecule has 1 atom stereocenters. The second-order valence-corrected chi connectivity index (χ2v) is 4.59. The lowest BCUT2D eigenvalue weighted by Gasteiger charge is -2.13. The average Bonchev–Trinajstić information content (AvgIpc) is 2.32. The Morgan fingerprint density at radius 3 is 2.60 bits per heavy atom. The molecular formula is C14H20FN3O2. The first kappa shape index (κ1) is 16.1. The molecule has 1 aromatic rings. The highest BCUT2D eigenvalue weighted by molar-refractivity contribution is 5.93. The summed E-state index contributed by atoms with van der Waals surface area (Å²) in [6.07, 6.45) is 0.320. The molecule has 20 heavy (non-hydrogen) atoms. The molecule has 3 N–H and O–H groups in total. The molecule has 110 valence electrons. The van der Waals surface area contributed by atoms with Crippen LogP contribution in [0.5, 0.6) is 0 Å². The van der Waals surface area contributed by atoms with Crippen LogP contribution in [0.2, 0.25) is 0 Å². The van der Waals surface area contributed by atoms with Crippen LogP contribution in [0.4, 0.5) is 15.8 Å². The zero-order chi connectivity index (χ0) is 15.1. The number of anilines is 2. The lowest BCUT2D eigenvalue weighted by Crippen LogP contribution is -2.30. The van der Waals surface area contributed by atoms with E-state index in [0.29, 0.717) is 12.1 Å². The maximum absolute atomic E-state index is 13.4. The molecule has 0 aliphatic carbocycles. The van der Waals surface area contributed by atoms with Crippen molar-refractivity contribution in [2.75, 3.05) is 17.2 Å². The highest BCUT2D eigenvalue weighted by Gasteiger charge is 2.10. The van der Waals surface area contributed by atoms with E-state index in [0.717, 1.165) is 6.54 Å². The Labute approximate surface area is 117 Å². The van der Waals surface area contributed by atoms with Crippen LogP contribution in [0.1, 0.15) is 27.2 Å². The molecule has 0 bridgehead atoms. The number of benzene rings is 1. The predicted molar refractivity (Wildman–Crippen MR) is 77.1 cm³/mol. The van der Waals surface area contributed by atoms with Gasteiger partial charge in [-0.1, -0.05) is 6.92 Å². The Balaban J connectivity index is 2.68. The van der Waals surface area contributed by atoms with Crippen LogP contribution in [-0.4, -0.2) is 24.4 Å². The van der Waals surface area contributed by atoms with E-state index >= 15 is 0 Å². The van der Waals surface area contributed by atoms with E-state index in [1.165, 1.54) is 25.1 Å². The maximum atomic E-state index is 13.4. The van der Waals surface area contributed by atoms with E-state index in [4.69, 9.17) is 0 Å². The Morgan fingerprint density at radius 2 is 2.00 bits per heavy atom.